The zero-order valence-corrected chi connectivity index (χ0v) is 15.2. The molecule has 0 atom stereocenters. The Labute approximate surface area is 152 Å². The molecule has 2 N–H and O–H groups in total. The standard InChI is InChI=1S/C15H12Cl2N2O2S2/c1-2-21-15(20)13-10(9(6-18)14(19)23-13)7-22-12-5-8(16)3-4-11(12)17/h3-5H,2,7,19H2,1H3. The van der Waals surface area contributed by atoms with E-state index in [0.717, 1.165) is 16.2 Å². The Kier molecular flexibility index (Phi) is 6.19. The molecular formula is C15H12Cl2N2O2S2. The second-order valence-corrected chi connectivity index (χ2v) is 7.26. The van der Waals surface area contributed by atoms with Gasteiger partial charge in [-0.25, -0.2) is 4.79 Å². The molecule has 0 radical (unpaired) electrons. The smallest absolute Gasteiger partial charge is 0.348 e. The van der Waals surface area contributed by atoms with Crippen molar-refractivity contribution < 1.29 is 9.53 Å². The molecule has 0 aliphatic carbocycles. The molecule has 2 rings (SSSR count). The molecule has 0 spiro atoms. The van der Waals surface area contributed by atoms with Gasteiger partial charge in [-0.3, -0.25) is 0 Å². The van der Waals surface area contributed by atoms with Crippen LogP contribution in [0.5, 0.6) is 0 Å². The van der Waals surface area contributed by atoms with Crippen LogP contribution in [0.2, 0.25) is 10.0 Å². The van der Waals surface area contributed by atoms with E-state index in [1.54, 1.807) is 25.1 Å². The fraction of sp³-hybridized carbons (Fsp3) is 0.200. The Balaban J connectivity index is 2.33. The van der Waals surface area contributed by atoms with Gasteiger partial charge in [0.25, 0.3) is 0 Å². The van der Waals surface area contributed by atoms with Crippen LogP contribution in [0.3, 0.4) is 0 Å². The molecule has 0 aliphatic heterocycles. The van der Waals surface area contributed by atoms with Crippen LogP contribution in [-0.2, 0) is 10.5 Å². The highest BCUT2D eigenvalue weighted by molar-refractivity contribution is 7.98. The topological polar surface area (TPSA) is 76.1 Å². The van der Waals surface area contributed by atoms with Crippen molar-refractivity contribution in [2.75, 3.05) is 12.3 Å². The second-order valence-electron chi connectivity index (χ2n) is 4.34. The van der Waals surface area contributed by atoms with Crippen LogP contribution in [0.4, 0.5) is 5.00 Å². The summed E-state index contributed by atoms with van der Waals surface area (Å²) in [6, 6.07) is 7.18. The minimum Gasteiger partial charge on any atom is -0.462 e. The number of hydrogen-bond donors (Lipinski definition) is 1. The molecule has 120 valence electrons. The normalized spacial score (nSPS) is 10.3. The maximum atomic E-state index is 12.0. The van der Waals surface area contributed by atoms with Crippen LogP contribution in [0, 0.1) is 11.3 Å². The van der Waals surface area contributed by atoms with Gasteiger partial charge in [0.05, 0.1) is 17.2 Å². The van der Waals surface area contributed by atoms with Crippen LogP contribution < -0.4 is 5.73 Å². The number of carbonyl (C=O) groups is 1. The van der Waals surface area contributed by atoms with Crippen molar-refractivity contribution in [3.8, 4) is 6.07 Å². The SMILES string of the molecule is CCOC(=O)c1sc(N)c(C#N)c1CSc1cc(Cl)ccc1Cl. The first-order valence-electron chi connectivity index (χ1n) is 6.54. The Morgan fingerprint density at radius 1 is 1.48 bits per heavy atom. The molecule has 1 heterocycles. The number of nitrogens with two attached hydrogens (primary N) is 1. The Morgan fingerprint density at radius 2 is 2.22 bits per heavy atom. The summed E-state index contributed by atoms with van der Waals surface area (Å²) in [7, 11) is 0. The molecule has 0 saturated carbocycles. The number of hydrogen-bond acceptors (Lipinski definition) is 6. The minimum absolute atomic E-state index is 0.255. The fourth-order valence-electron chi connectivity index (χ4n) is 1.84. The quantitative estimate of drug-likeness (QED) is 0.579. The number of anilines is 1. The van der Waals surface area contributed by atoms with Crippen LogP contribution in [0.15, 0.2) is 23.1 Å². The van der Waals surface area contributed by atoms with E-state index in [1.807, 2.05) is 6.07 Å². The summed E-state index contributed by atoms with van der Waals surface area (Å²) in [4.78, 5) is 13.2. The highest BCUT2D eigenvalue weighted by Crippen LogP contribution is 2.38. The number of halogens is 2. The monoisotopic (exact) mass is 386 g/mol. The average molecular weight is 387 g/mol. The van der Waals surface area contributed by atoms with Crippen molar-refractivity contribution in [2.24, 2.45) is 0 Å². The molecule has 8 heteroatoms. The summed E-state index contributed by atoms with van der Waals surface area (Å²) >= 11 is 14.6. The van der Waals surface area contributed by atoms with Crippen molar-refractivity contribution in [3.05, 3.63) is 44.2 Å². The van der Waals surface area contributed by atoms with Crippen molar-refractivity contribution in [3.63, 3.8) is 0 Å². The van der Waals surface area contributed by atoms with Gasteiger partial charge in [0.2, 0.25) is 0 Å². The van der Waals surface area contributed by atoms with E-state index in [-0.39, 0.29) is 6.61 Å². The van der Waals surface area contributed by atoms with Crippen LogP contribution in [0.1, 0.15) is 27.7 Å². The van der Waals surface area contributed by atoms with Crippen LogP contribution in [0.25, 0.3) is 0 Å². The number of nitrogens with zero attached hydrogens (tertiary/aromatic N) is 1. The number of thiophene rings is 1. The van der Waals surface area contributed by atoms with Gasteiger partial charge in [0, 0.05) is 21.2 Å². The average Bonchev–Trinajstić information content (AvgIpc) is 2.84. The number of nitriles is 1. The zero-order valence-electron chi connectivity index (χ0n) is 12.1. The molecule has 0 amide bonds. The number of esters is 1. The van der Waals surface area contributed by atoms with E-state index >= 15 is 0 Å². The summed E-state index contributed by atoms with van der Waals surface area (Å²) in [6.45, 7) is 1.98. The number of ether oxygens (including phenoxy) is 1. The van der Waals surface area contributed by atoms with E-state index in [2.05, 4.69) is 0 Å². The third kappa shape index (κ3) is 4.12. The first-order chi connectivity index (χ1) is 11.0. The molecule has 0 saturated heterocycles. The summed E-state index contributed by atoms with van der Waals surface area (Å²) < 4.78 is 5.03. The van der Waals surface area contributed by atoms with Gasteiger partial charge in [0.15, 0.2) is 0 Å². The lowest BCUT2D eigenvalue weighted by Gasteiger charge is -2.06. The highest BCUT2D eigenvalue weighted by atomic mass is 35.5. The first kappa shape index (κ1) is 18.0. The molecule has 0 bridgehead atoms. The van der Waals surface area contributed by atoms with Crippen molar-refractivity contribution in [1.29, 1.82) is 5.26 Å². The molecule has 4 nitrogen and oxygen atoms in total. The van der Waals surface area contributed by atoms with E-state index < -0.39 is 5.97 Å². The van der Waals surface area contributed by atoms with Crippen LogP contribution in [-0.4, -0.2) is 12.6 Å². The molecule has 23 heavy (non-hydrogen) atoms. The summed E-state index contributed by atoms with van der Waals surface area (Å²) in [6.07, 6.45) is 0. The molecule has 0 fully saturated rings. The molecule has 1 aromatic heterocycles. The van der Waals surface area contributed by atoms with Gasteiger partial charge in [-0.2, -0.15) is 5.26 Å². The van der Waals surface area contributed by atoms with Crippen molar-refractivity contribution >= 4 is 57.3 Å². The molecular weight excluding hydrogens is 375 g/mol. The molecule has 1 aromatic carbocycles. The fourth-order valence-corrected chi connectivity index (χ4v) is 4.39. The maximum absolute atomic E-state index is 12.0. The van der Waals surface area contributed by atoms with Crippen molar-refractivity contribution in [2.45, 2.75) is 17.6 Å². The van der Waals surface area contributed by atoms with Gasteiger partial charge in [-0.15, -0.1) is 23.1 Å². The lowest BCUT2D eigenvalue weighted by atomic mass is 10.2. The van der Waals surface area contributed by atoms with Gasteiger partial charge in [-0.05, 0) is 25.1 Å². The van der Waals surface area contributed by atoms with E-state index in [4.69, 9.17) is 33.7 Å². The van der Waals surface area contributed by atoms with Crippen molar-refractivity contribution in [1.82, 2.24) is 0 Å². The summed E-state index contributed by atoms with van der Waals surface area (Å²) in [5.41, 5.74) is 6.71. The number of benzene rings is 1. The van der Waals surface area contributed by atoms with Crippen LogP contribution >= 0.6 is 46.3 Å². The third-order valence-corrected chi connectivity index (χ3v) is 5.67. The summed E-state index contributed by atoms with van der Waals surface area (Å²) in [5.74, 6) is -0.108. The Morgan fingerprint density at radius 3 is 2.87 bits per heavy atom. The summed E-state index contributed by atoms with van der Waals surface area (Å²) in [5, 5.41) is 10.7. The number of nitrogen functional groups attached to an aromatic ring is 1. The van der Waals surface area contributed by atoms with E-state index in [1.165, 1.54) is 11.8 Å². The van der Waals surface area contributed by atoms with E-state index in [9.17, 15) is 10.1 Å². The Hall–Kier alpha value is -1.39. The number of carbonyl (C=O) groups excluding carboxylic acids is 1. The first-order valence-corrected chi connectivity index (χ1v) is 9.09. The highest BCUT2D eigenvalue weighted by Gasteiger charge is 2.23. The van der Waals surface area contributed by atoms with Gasteiger partial charge in [-0.1, -0.05) is 23.2 Å². The predicted molar refractivity (Wildman–Crippen MR) is 95.4 cm³/mol. The van der Waals surface area contributed by atoms with Gasteiger partial charge < -0.3 is 10.5 Å². The van der Waals surface area contributed by atoms with Gasteiger partial charge in [0.1, 0.15) is 15.9 Å². The number of thioether (sulfide) groups is 1. The number of rotatable bonds is 5. The third-order valence-electron chi connectivity index (χ3n) is 2.87. The second kappa shape index (κ2) is 7.93. The maximum Gasteiger partial charge on any atom is 0.348 e. The Bertz CT molecular complexity index is 785. The molecule has 0 unspecified atom stereocenters. The minimum atomic E-state index is -0.474. The largest absolute Gasteiger partial charge is 0.462 e. The predicted octanol–water partition coefficient (Wildman–Crippen LogP) is 4.98. The molecule has 0 aliphatic rings. The van der Waals surface area contributed by atoms with Gasteiger partial charge >= 0.3 is 5.97 Å². The van der Waals surface area contributed by atoms with E-state index in [0.29, 0.717) is 36.8 Å². The lowest BCUT2D eigenvalue weighted by Crippen LogP contribution is -2.05. The lowest BCUT2D eigenvalue weighted by molar-refractivity contribution is 0.0531. The zero-order chi connectivity index (χ0) is 17.0. The molecule has 2 aromatic rings.